The number of carboxylic acids is 2. The van der Waals surface area contributed by atoms with E-state index in [2.05, 4.69) is 27.9 Å². The molecule has 18 heteroatoms. The molecule has 0 aromatic heterocycles. The Morgan fingerprint density at radius 2 is 1.24 bits per heavy atom. The van der Waals surface area contributed by atoms with Crippen LogP contribution in [0.15, 0.2) is 72.8 Å². The van der Waals surface area contributed by atoms with Gasteiger partial charge in [-0.1, -0.05) is 36.4 Å². The second kappa shape index (κ2) is 17.6. The maximum atomic E-state index is 12.8. The predicted molar refractivity (Wildman–Crippen MR) is 162 cm³/mol. The molecule has 0 saturated heterocycles. The number of amides is 1. The van der Waals surface area contributed by atoms with E-state index in [9.17, 15) is 31.1 Å². The van der Waals surface area contributed by atoms with Crippen LogP contribution in [0.25, 0.3) is 0 Å². The van der Waals surface area contributed by atoms with E-state index in [0.717, 1.165) is 9.13 Å². The molecule has 0 saturated carbocycles. The van der Waals surface area contributed by atoms with Crippen molar-refractivity contribution in [3.63, 3.8) is 0 Å². The molecule has 0 radical (unpaired) electrons. The molecule has 0 aliphatic rings. The number of ether oxygens (including phenoxy) is 1. The van der Waals surface area contributed by atoms with Gasteiger partial charge in [0.2, 0.25) is 0 Å². The van der Waals surface area contributed by atoms with Crippen LogP contribution in [0.5, 0.6) is 5.75 Å². The smallest absolute Gasteiger partial charge is 0.490 e. The van der Waals surface area contributed by atoms with Crippen LogP contribution in [-0.4, -0.2) is 64.7 Å². The molecule has 248 valence electrons. The van der Waals surface area contributed by atoms with E-state index >= 15 is 0 Å². The summed E-state index contributed by atoms with van der Waals surface area (Å²) in [6.45, 7) is 0.241. The number of amidine groups is 2. The molecule has 1 amide bonds. The van der Waals surface area contributed by atoms with Gasteiger partial charge in [-0.15, -0.1) is 0 Å². The summed E-state index contributed by atoms with van der Waals surface area (Å²) in [5.41, 5.74) is 13.7. The van der Waals surface area contributed by atoms with Gasteiger partial charge in [0.25, 0.3) is 5.91 Å². The summed E-state index contributed by atoms with van der Waals surface area (Å²) in [4.78, 5) is 30.6. The number of rotatable bonds is 9. The van der Waals surface area contributed by atoms with Gasteiger partial charge in [-0.05, 0) is 71.0 Å². The summed E-state index contributed by atoms with van der Waals surface area (Å²) in [6.07, 6.45) is -9.58. The maximum Gasteiger partial charge on any atom is 0.490 e. The van der Waals surface area contributed by atoms with E-state index in [1.54, 1.807) is 48.5 Å². The molecule has 46 heavy (non-hydrogen) atoms. The standard InChI is InChI=1S/C24H24IN5O2.2C2HF3O2/c25-19-10-4-15(5-11-19)12-20(14-32-21-3-1-2-18(13-21)23(28)29)30-24(31)17-8-6-16(7-9-17)22(26)27;2*3-2(4,5)1(6)7/h1-11,13,20H,12,14H2,(H3,26,27)(H3,28,29)(H,30,31);2*(H,6,7)/t20-;;/m1../s1. The Hall–Kier alpha value is -4.88. The van der Waals surface area contributed by atoms with E-state index in [0.29, 0.717) is 28.9 Å². The number of nitrogens with one attached hydrogen (secondary N) is 3. The number of benzene rings is 3. The number of carbonyl (C=O) groups is 3. The fourth-order valence-corrected chi connectivity index (χ4v) is 3.44. The molecular weight excluding hydrogens is 743 g/mol. The highest BCUT2D eigenvalue weighted by Gasteiger charge is 2.38. The number of carboxylic acid groups (broad SMARTS) is 2. The van der Waals surface area contributed by atoms with Crippen LogP contribution in [0.2, 0.25) is 0 Å². The largest absolute Gasteiger partial charge is 0.491 e. The lowest BCUT2D eigenvalue weighted by Crippen LogP contribution is -2.40. The minimum Gasteiger partial charge on any atom is -0.491 e. The van der Waals surface area contributed by atoms with Crippen LogP contribution >= 0.6 is 22.6 Å². The first kappa shape index (κ1) is 39.1. The molecule has 9 N–H and O–H groups in total. The van der Waals surface area contributed by atoms with Crippen LogP contribution in [0.4, 0.5) is 26.3 Å². The fraction of sp³-hybridized carbons (Fsp3) is 0.179. The van der Waals surface area contributed by atoms with Crippen molar-refractivity contribution in [3.8, 4) is 5.75 Å². The number of nitrogens with two attached hydrogens (primary N) is 2. The Kier molecular flexibility index (Phi) is 14.9. The maximum absolute atomic E-state index is 12.8. The second-order valence-electron chi connectivity index (χ2n) is 8.85. The molecule has 0 aliphatic heterocycles. The molecule has 0 heterocycles. The third kappa shape index (κ3) is 14.7. The number of hydrogen-bond donors (Lipinski definition) is 7. The van der Waals surface area contributed by atoms with Gasteiger partial charge in [0.1, 0.15) is 24.0 Å². The number of alkyl halides is 6. The summed E-state index contributed by atoms with van der Waals surface area (Å²) in [5, 5.41) is 32.4. The van der Waals surface area contributed by atoms with Gasteiger partial charge in [-0.25, -0.2) is 9.59 Å². The lowest BCUT2D eigenvalue weighted by Gasteiger charge is -2.20. The topological polar surface area (TPSA) is 213 Å². The molecule has 0 unspecified atom stereocenters. The number of nitrogen functional groups attached to an aromatic ring is 2. The number of aliphatic carboxylic acids is 2. The fourth-order valence-electron chi connectivity index (χ4n) is 3.08. The van der Waals surface area contributed by atoms with E-state index < -0.39 is 24.3 Å². The van der Waals surface area contributed by atoms with Crippen LogP contribution in [0.3, 0.4) is 0 Å². The van der Waals surface area contributed by atoms with E-state index in [4.69, 9.17) is 46.8 Å². The average Bonchev–Trinajstić information content (AvgIpc) is 2.97. The quantitative estimate of drug-likeness (QED) is 0.0709. The normalized spacial score (nSPS) is 11.4. The SMILES string of the molecule is N=C(N)c1ccc(C(=O)N[C@@H](COc2cccc(C(=N)N)c2)Cc2ccc(I)cc2)cc1.O=C(O)C(F)(F)F.O=C(O)C(F)(F)F. The zero-order chi connectivity index (χ0) is 35.2. The lowest BCUT2D eigenvalue weighted by molar-refractivity contribution is -0.193. The zero-order valence-corrected chi connectivity index (χ0v) is 25.4. The van der Waals surface area contributed by atoms with Crippen LogP contribution < -0.4 is 21.5 Å². The molecule has 0 fully saturated rings. The molecule has 11 nitrogen and oxygen atoms in total. The number of hydrogen-bond acceptors (Lipinski definition) is 6. The molecule has 1 atom stereocenters. The van der Waals surface area contributed by atoms with Gasteiger partial charge >= 0.3 is 24.3 Å². The minimum atomic E-state index is -5.08. The number of halogens is 7. The molecule has 0 spiro atoms. The van der Waals surface area contributed by atoms with Crippen molar-refractivity contribution in [2.24, 2.45) is 11.5 Å². The molecule has 0 bridgehead atoms. The van der Waals surface area contributed by atoms with Crippen molar-refractivity contribution in [3.05, 3.63) is 98.6 Å². The molecular formula is C28H26F6IN5O6. The van der Waals surface area contributed by atoms with Crippen molar-refractivity contribution >= 4 is 52.1 Å². The van der Waals surface area contributed by atoms with Gasteiger partial charge < -0.3 is 31.7 Å². The van der Waals surface area contributed by atoms with Gasteiger partial charge in [-0.2, -0.15) is 26.3 Å². The van der Waals surface area contributed by atoms with Gasteiger partial charge in [-0.3, -0.25) is 15.6 Å². The highest BCUT2D eigenvalue weighted by Crippen LogP contribution is 2.16. The first-order valence-electron chi connectivity index (χ1n) is 12.4. The minimum absolute atomic E-state index is 0.0341. The van der Waals surface area contributed by atoms with Crippen LogP contribution in [0, 0.1) is 14.4 Å². The molecule has 3 aromatic carbocycles. The first-order chi connectivity index (χ1) is 21.2. The van der Waals surface area contributed by atoms with Crippen molar-refractivity contribution < 1.29 is 55.7 Å². The van der Waals surface area contributed by atoms with Crippen LogP contribution in [0.1, 0.15) is 27.0 Å². The average molecular weight is 769 g/mol. The van der Waals surface area contributed by atoms with Crippen LogP contribution in [-0.2, 0) is 16.0 Å². The third-order valence-electron chi connectivity index (χ3n) is 5.27. The van der Waals surface area contributed by atoms with Gasteiger partial charge in [0.05, 0.1) is 6.04 Å². The van der Waals surface area contributed by atoms with Crippen molar-refractivity contribution in [2.75, 3.05) is 6.61 Å². The Labute approximate surface area is 270 Å². The third-order valence-corrected chi connectivity index (χ3v) is 5.99. The Morgan fingerprint density at radius 3 is 1.67 bits per heavy atom. The number of carbonyl (C=O) groups excluding carboxylic acids is 1. The lowest BCUT2D eigenvalue weighted by atomic mass is 10.1. The van der Waals surface area contributed by atoms with Gasteiger partial charge in [0.15, 0.2) is 0 Å². The monoisotopic (exact) mass is 769 g/mol. The summed E-state index contributed by atoms with van der Waals surface area (Å²) in [6, 6.07) is 21.4. The zero-order valence-electron chi connectivity index (χ0n) is 23.2. The summed E-state index contributed by atoms with van der Waals surface area (Å²) < 4.78 is 70.5. The highest BCUT2D eigenvalue weighted by molar-refractivity contribution is 14.1. The Balaban J connectivity index is 0.000000629. The van der Waals surface area contributed by atoms with Crippen molar-refractivity contribution in [1.82, 2.24) is 5.32 Å². The first-order valence-corrected chi connectivity index (χ1v) is 13.5. The summed E-state index contributed by atoms with van der Waals surface area (Å²) in [5.74, 6) is -5.26. The highest BCUT2D eigenvalue weighted by atomic mass is 127. The Bertz CT molecular complexity index is 1490. The molecule has 3 aromatic rings. The summed E-state index contributed by atoms with van der Waals surface area (Å²) in [7, 11) is 0. The molecule has 0 aliphatic carbocycles. The van der Waals surface area contributed by atoms with E-state index in [-0.39, 0.29) is 30.2 Å². The Morgan fingerprint density at radius 1 is 0.783 bits per heavy atom. The van der Waals surface area contributed by atoms with Crippen molar-refractivity contribution in [2.45, 2.75) is 24.8 Å². The summed E-state index contributed by atoms with van der Waals surface area (Å²) >= 11 is 2.25. The van der Waals surface area contributed by atoms with Gasteiger partial charge in [0, 0.05) is 20.3 Å². The van der Waals surface area contributed by atoms with E-state index in [1.807, 2.05) is 24.3 Å². The van der Waals surface area contributed by atoms with Crippen molar-refractivity contribution in [1.29, 1.82) is 10.8 Å². The predicted octanol–water partition coefficient (Wildman–Crippen LogP) is 4.55. The van der Waals surface area contributed by atoms with E-state index in [1.165, 1.54) is 0 Å². The molecule has 3 rings (SSSR count). The second-order valence-corrected chi connectivity index (χ2v) is 10.1.